The highest BCUT2D eigenvalue weighted by molar-refractivity contribution is 5.53. The topological polar surface area (TPSA) is 77.0 Å². The van der Waals surface area contributed by atoms with E-state index in [1.54, 1.807) is 30.3 Å². The van der Waals surface area contributed by atoms with E-state index >= 15 is 0 Å². The van der Waals surface area contributed by atoms with Crippen LogP contribution in [0.15, 0.2) is 64.2 Å². The van der Waals surface area contributed by atoms with Gasteiger partial charge in [0.2, 0.25) is 0 Å². The molecule has 0 aliphatic carbocycles. The Hall–Kier alpha value is -3.36. The van der Waals surface area contributed by atoms with Crippen molar-refractivity contribution in [1.82, 2.24) is 14.5 Å². The van der Waals surface area contributed by atoms with Crippen molar-refractivity contribution in [3.63, 3.8) is 0 Å². The molecule has 0 fully saturated rings. The Bertz CT molecular complexity index is 962. The van der Waals surface area contributed by atoms with Crippen LogP contribution in [-0.2, 0) is 0 Å². The van der Waals surface area contributed by atoms with Gasteiger partial charge in [0.25, 0.3) is 0 Å². The Balaban J connectivity index is 1.98. The number of nitrogens with one attached hydrogen (secondary N) is 1. The first kappa shape index (κ1) is 16.5. The van der Waals surface area contributed by atoms with Crippen LogP contribution in [-0.4, -0.2) is 20.9 Å². The molecule has 0 saturated carbocycles. The van der Waals surface area contributed by atoms with E-state index in [0.29, 0.717) is 10.1 Å². The molecule has 0 saturated heterocycles. The minimum absolute atomic E-state index is 0.0629. The number of aromatic nitrogens is 3. The summed E-state index contributed by atoms with van der Waals surface area (Å²) in [4.78, 5) is 30.6. The normalized spacial score (nSPS) is 11.3. The Morgan fingerprint density at radius 3 is 2.16 bits per heavy atom. The molecule has 0 aliphatic rings. The molecule has 1 N–H and O–H groups in total. The van der Waals surface area contributed by atoms with Gasteiger partial charge in [-0.1, -0.05) is 30.3 Å². The van der Waals surface area contributed by atoms with Gasteiger partial charge in [-0.15, -0.1) is 13.2 Å². The minimum Gasteiger partial charge on any atom is -0.406 e. The lowest BCUT2D eigenvalue weighted by Gasteiger charge is -2.10. The van der Waals surface area contributed by atoms with Crippen molar-refractivity contribution in [2.75, 3.05) is 0 Å². The summed E-state index contributed by atoms with van der Waals surface area (Å²) in [6.07, 6.45) is -4.82. The third kappa shape index (κ3) is 3.77. The molecule has 6 nitrogen and oxygen atoms in total. The standard InChI is InChI=1S/C16H10F3N3O3/c17-16(18,19)25-12-8-6-11(7-9-12)22-14(23)20-13(21-15(22)24)10-4-2-1-3-5-10/h1-9H,(H,20,21,23,24). The molecule has 3 aromatic rings. The van der Waals surface area contributed by atoms with Gasteiger partial charge in [-0.3, -0.25) is 4.98 Å². The smallest absolute Gasteiger partial charge is 0.406 e. The second kappa shape index (κ2) is 6.27. The van der Waals surface area contributed by atoms with Gasteiger partial charge in [-0.2, -0.15) is 4.98 Å². The van der Waals surface area contributed by atoms with E-state index in [2.05, 4.69) is 14.7 Å². The van der Waals surface area contributed by atoms with Gasteiger partial charge in [0.05, 0.1) is 5.69 Å². The highest BCUT2D eigenvalue weighted by Crippen LogP contribution is 2.23. The summed E-state index contributed by atoms with van der Waals surface area (Å²) in [6, 6.07) is 12.9. The van der Waals surface area contributed by atoms with E-state index in [1.165, 1.54) is 0 Å². The van der Waals surface area contributed by atoms with Crippen molar-refractivity contribution in [2.24, 2.45) is 0 Å². The van der Waals surface area contributed by atoms with E-state index < -0.39 is 23.5 Å². The van der Waals surface area contributed by atoms with Gasteiger partial charge >= 0.3 is 17.7 Å². The number of hydrogen-bond donors (Lipinski definition) is 1. The second-order valence-corrected chi connectivity index (χ2v) is 4.92. The van der Waals surface area contributed by atoms with Crippen LogP contribution in [0.3, 0.4) is 0 Å². The molecule has 0 bridgehead atoms. The van der Waals surface area contributed by atoms with E-state index in [4.69, 9.17) is 0 Å². The molecule has 0 radical (unpaired) electrons. The summed E-state index contributed by atoms with van der Waals surface area (Å²) in [5, 5.41) is 0. The molecule has 1 heterocycles. The van der Waals surface area contributed by atoms with Crippen LogP contribution < -0.4 is 16.1 Å². The van der Waals surface area contributed by atoms with Crippen molar-refractivity contribution in [2.45, 2.75) is 6.36 Å². The van der Waals surface area contributed by atoms with Gasteiger partial charge in [-0.25, -0.2) is 14.2 Å². The van der Waals surface area contributed by atoms with Crippen LogP contribution in [0.2, 0.25) is 0 Å². The Kier molecular flexibility index (Phi) is 4.14. The zero-order valence-electron chi connectivity index (χ0n) is 12.4. The number of aromatic amines is 1. The molecule has 0 unspecified atom stereocenters. The summed E-state index contributed by atoms with van der Waals surface area (Å²) in [5.41, 5.74) is -0.999. The van der Waals surface area contributed by atoms with Gasteiger partial charge in [0, 0.05) is 5.56 Å². The van der Waals surface area contributed by atoms with E-state index in [0.717, 1.165) is 24.3 Å². The largest absolute Gasteiger partial charge is 0.573 e. The predicted octanol–water partition coefficient (Wildman–Crippen LogP) is 2.49. The molecule has 0 amide bonds. The molecule has 3 rings (SSSR count). The zero-order valence-corrected chi connectivity index (χ0v) is 12.4. The Morgan fingerprint density at radius 2 is 1.60 bits per heavy atom. The summed E-state index contributed by atoms with van der Waals surface area (Å²) in [7, 11) is 0. The van der Waals surface area contributed by atoms with Crippen molar-refractivity contribution in [1.29, 1.82) is 0 Å². The first-order valence-corrected chi connectivity index (χ1v) is 6.98. The fourth-order valence-corrected chi connectivity index (χ4v) is 2.17. The van der Waals surface area contributed by atoms with Crippen molar-refractivity contribution in [3.05, 3.63) is 75.6 Å². The zero-order chi connectivity index (χ0) is 18.0. The molecule has 0 atom stereocenters. The lowest BCUT2D eigenvalue weighted by molar-refractivity contribution is -0.274. The Labute approximate surface area is 138 Å². The number of rotatable bonds is 3. The molecule has 2 aromatic carbocycles. The lowest BCUT2D eigenvalue weighted by Crippen LogP contribution is -2.36. The van der Waals surface area contributed by atoms with Crippen LogP contribution in [0.1, 0.15) is 0 Å². The van der Waals surface area contributed by atoms with Gasteiger partial charge < -0.3 is 4.74 Å². The molecule has 0 aliphatic heterocycles. The maximum Gasteiger partial charge on any atom is 0.573 e. The summed E-state index contributed by atoms with van der Waals surface area (Å²) < 4.78 is 40.9. The molecular weight excluding hydrogens is 339 g/mol. The number of nitrogens with zero attached hydrogens (tertiary/aromatic N) is 2. The van der Waals surface area contributed by atoms with Crippen molar-refractivity contribution >= 4 is 0 Å². The fourth-order valence-electron chi connectivity index (χ4n) is 2.17. The molecule has 0 spiro atoms. The first-order chi connectivity index (χ1) is 11.8. The number of hydrogen-bond acceptors (Lipinski definition) is 4. The van der Waals surface area contributed by atoms with Crippen LogP contribution in [0, 0.1) is 0 Å². The third-order valence-electron chi connectivity index (χ3n) is 3.20. The highest BCUT2D eigenvalue weighted by Gasteiger charge is 2.31. The second-order valence-electron chi connectivity index (χ2n) is 4.92. The summed E-state index contributed by atoms with van der Waals surface area (Å²) >= 11 is 0. The van der Waals surface area contributed by atoms with Crippen LogP contribution >= 0.6 is 0 Å². The molecule has 9 heteroatoms. The van der Waals surface area contributed by atoms with E-state index in [-0.39, 0.29) is 11.5 Å². The maximum absolute atomic E-state index is 12.2. The quantitative estimate of drug-likeness (QED) is 0.788. The average molecular weight is 349 g/mol. The fraction of sp³-hybridized carbons (Fsp3) is 0.0625. The SMILES string of the molecule is O=c1nc(-c2ccccc2)[nH]c(=O)n1-c1ccc(OC(F)(F)F)cc1. The third-order valence-corrected chi connectivity index (χ3v) is 3.20. The minimum atomic E-state index is -4.82. The average Bonchev–Trinajstić information content (AvgIpc) is 2.55. The van der Waals surface area contributed by atoms with Crippen molar-refractivity contribution < 1.29 is 17.9 Å². The van der Waals surface area contributed by atoms with Gasteiger partial charge in [-0.05, 0) is 24.3 Å². The first-order valence-electron chi connectivity index (χ1n) is 6.98. The number of benzene rings is 2. The van der Waals surface area contributed by atoms with Crippen LogP contribution in [0.4, 0.5) is 13.2 Å². The molecule has 25 heavy (non-hydrogen) atoms. The van der Waals surface area contributed by atoms with Crippen LogP contribution in [0.25, 0.3) is 17.1 Å². The molecular formula is C16H10F3N3O3. The lowest BCUT2D eigenvalue weighted by atomic mass is 10.2. The van der Waals surface area contributed by atoms with Gasteiger partial charge in [0.15, 0.2) is 0 Å². The number of H-pyrrole nitrogens is 1. The van der Waals surface area contributed by atoms with Gasteiger partial charge in [0.1, 0.15) is 11.6 Å². The molecule has 1 aromatic heterocycles. The number of alkyl halides is 3. The predicted molar refractivity (Wildman–Crippen MR) is 82.6 cm³/mol. The van der Waals surface area contributed by atoms with E-state index in [9.17, 15) is 22.8 Å². The Morgan fingerprint density at radius 1 is 0.960 bits per heavy atom. The monoisotopic (exact) mass is 349 g/mol. The molecule has 128 valence electrons. The highest BCUT2D eigenvalue weighted by atomic mass is 19.4. The van der Waals surface area contributed by atoms with E-state index in [1.807, 2.05) is 0 Å². The number of ether oxygens (including phenoxy) is 1. The number of halogens is 3. The maximum atomic E-state index is 12.2. The van der Waals surface area contributed by atoms with Crippen LogP contribution in [0.5, 0.6) is 5.75 Å². The summed E-state index contributed by atoms with van der Waals surface area (Å²) in [6.45, 7) is 0. The van der Waals surface area contributed by atoms with Crippen molar-refractivity contribution in [3.8, 4) is 22.8 Å². The summed E-state index contributed by atoms with van der Waals surface area (Å²) in [5.74, 6) is -0.363.